The summed E-state index contributed by atoms with van der Waals surface area (Å²) in [4.78, 5) is 51.7. The second-order valence-corrected chi connectivity index (χ2v) is 16.7. The van der Waals surface area contributed by atoms with E-state index in [4.69, 9.17) is 9.47 Å². The molecule has 340 valence electrons. The number of rotatable bonds is 37. The largest absolute Gasteiger partial charge is 0.481 e. The highest BCUT2D eigenvalue weighted by molar-refractivity contribution is 5.92. The van der Waals surface area contributed by atoms with Crippen LogP contribution in [0.4, 0.5) is 0 Å². The molecule has 7 atom stereocenters. The summed E-state index contributed by atoms with van der Waals surface area (Å²) in [7, 11) is 1.38. The van der Waals surface area contributed by atoms with Crippen LogP contribution in [-0.4, -0.2) is 101 Å². The van der Waals surface area contributed by atoms with Crippen molar-refractivity contribution in [3.63, 3.8) is 0 Å². The van der Waals surface area contributed by atoms with Crippen molar-refractivity contribution in [2.24, 2.45) is 5.92 Å². The van der Waals surface area contributed by atoms with Gasteiger partial charge >= 0.3 is 5.97 Å². The van der Waals surface area contributed by atoms with Crippen molar-refractivity contribution in [1.82, 2.24) is 16.0 Å². The fourth-order valence-electron chi connectivity index (χ4n) is 7.67. The average molecular weight is 828 g/mol. The summed E-state index contributed by atoms with van der Waals surface area (Å²) in [5.74, 6) is -3.15. The highest BCUT2D eigenvalue weighted by Gasteiger charge is 2.43. The molecule has 1 heterocycles. The Morgan fingerprint density at radius 3 is 1.38 bits per heavy atom. The zero-order valence-corrected chi connectivity index (χ0v) is 36.9. The molecule has 13 heteroatoms. The number of carbonyl (C=O) groups excluding carboxylic acids is 3. The van der Waals surface area contributed by atoms with E-state index in [2.05, 4.69) is 29.8 Å². The normalized spacial score (nSPS) is 20.4. The van der Waals surface area contributed by atoms with Gasteiger partial charge in [0.25, 0.3) is 0 Å². The topological polar surface area (TPSA) is 204 Å². The Labute approximate surface area is 350 Å². The molecule has 0 spiro atoms. The third-order valence-corrected chi connectivity index (χ3v) is 11.6. The molecule has 58 heavy (non-hydrogen) atoms. The van der Waals surface area contributed by atoms with Gasteiger partial charge in [-0.3, -0.25) is 19.2 Å². The maximum Gasteiger partial charge on any atom is 0.303 e. The van der Waals surface area contributed by atoms with Crippen molar-refractivity contribution >= 4 is 23.7 Å². The predicted octanol–water partition coefficient (Wildman–Crippen LogP) is 7.21. The minimum Gasteiger partial charge on any atom is -0.481 e. The maximum atomic E-state index is 14.0. The average Bonchev–Trinajstić information content (AvgIpc) is 3.21. The number of carbonyl (C=O) groups is 4. The zero-order valence-electron chi connectivity index (χ0n) is 36.9. The van der Waals surface area contributed by atoms with E-state index < -0.39 is 67.2 Å². The van der Waals surface area contributed by atoms with Crippen molar-refractivity contribution in [1.29, 1.82) is 0 Å². The highest BCUT2D eigenvalue weighted by atomic mass is 16.7. The van der Waals surface area contributed by atoms with E-state index in [0.717, 1.165) is 38.5 Å². The number of hydrogen-bond acceptors (Lipinski definition) is 9. The molecule has 1 fully saturated rings. The van der Waals surface area contributed by atoms with Crippen LogP contribution in [-0.2, 0) is 28.7 Å². The fourth-order valence-corrected chi connectivity index (χ4v) is 7.67. The Kier molecular flexibility index (Phi) is 31.8. The van der Waals surface area contributed by atoms with E-state index >= 15 is 0 Å². The molecule has 0 aromatic carbocycles. The van der Waals surface area contributed by atoms with Crippen LogP contribution in [0.3, 0.4) is 0 Å². The molecule has 0 radical (unpaired) electrons. The maximum absolute atomic E-state index is 14.0. The number of carboxylic acids is 1. The molecule has 1 saturated heterocycles. The second kappa shape index (κ2) is 34.4. The van der Waals surface area contributed by atoms with Crippen LogP contribution in [0.15, 0.2) is 0 Å². The van der Waals surface area contributed by atoms with Crippen LogP contribution < -0.4 is 16.0 Å². The van der Waals surface area contributed by atoms with Crippen LogP contribution in [0.1, 0.15) is 201 Å². The van der Waals surface area contributed by atoms with E-state index in [1.165, 1.54) is 130 Å². The summed E-state index contributed by atoms with van der Waals surface area (Å²) in [6.45, 7) is 5.51. The predicted molar refractivity (Wildman–Crippen MR) is 228 cm³/mol. The SMILES string of the molecule is CCCCCCCCCCCCCCC(CCCCCCCCCCCCCC)C(=O)N[C@@H](CO[C@H]1O[C@@H](C)[C@@H](O)[C@@H](O)[C@@H]1O)C(=O)N[C@@H](CCC(=O)O)C(=O)NC. The summed E-state index contributed by atoms with van der Waals surface area (Å²) < 4.78 is 11.3. The number of aliphatic hydroxyl groups is 3. The van der Waals surface area contributed by atoms with Gasteiger partial charge in [0.05, 0.1) is 12.7 Å². The third kappa shape index (κ3) is 24.7. The number of carboxylic acid groups (broad SMARTS) is 1. The molecule has 0 aromatic rings. The Bertz CT molecular complexity index is 1050. The molecule has 13 nitrogen and oxygen atoms in total. The fraction of sp³-hybridized carbons (Fsp3) is 0.911. The molecule has 7 N–H and O–H groups in total. The Balaban J connectivity index is 2.93. The molecule has 1 aliphatic heterocycles. The van der Waals surface area contributed by atoms with Crippen LogP contribution in [0.2, 0.25) is 0 Å². The summed E-state index contributed by atoms with van der Waals surface area (Å²) in [6, 6.07) is -2.51. The van der Waals surface area contributed by atoms with Crippen molar-refractivity contribution in [3.05, 3.63) is 0 Å². The summed E-state index contributed by atoms with van der Waals surface area (Å²) >= 11 is 0. The summed E-state index contributed by atoms with van der Waals surface area (Å²) in [6.07, 6.45) is 23.1. The standard InChI is InChI=1S/C45H85N3O10/c1-5-7-9-11-13-15-17-19-21-23-25-27-29-35(30-28-26-24-22-20-18-16-14-12-10-8-6-2)42(54)48-37(33-57-45-41(53)40(52)39(51)34(3)58-45)44(56)47-36(43(55)46-4)31-32-38(49)50/h34-37,39-41,45,51-53H,5-33H2,1-4H3,(H,46,55)(H,47,56)(H,48,54)(H,49,50)/t34-,36-,37-,39+,40+,41-,45-/m0/s1. The first kappa shape index (κ1) is 53.7. The quantitative estimate of drug-likeness (QED) is 0.0314. The van der Waals surface area contributed by atoms with Crippen LogP contribution in [0.25, 0.3) is 0 Å². The van der Waals surface area contributed by atoms with Gasteiger partial charge in [0.1, 0.15) is 30.4 Å². The first-order valence-corrected chi connectivity index (χ1v) is 23.3. The smallest absolute Gasteiger partial charge is 0.303 e. The molecule has 0 aliphatic carbocycles. The van der Waals surface area contributed by atoms with Crippen LogP contribution in [0.5, 0.6) is 0 Å². The first-order chi connectivity index (χ1) is 28.0. The minimum atomic E-state index is -1.62. The summed E-state index contributed by atoms with van der Waals surface area (Å²) in [5, 5.41) is 48.1. The van der Waals surface area contributed by atoms with E-state index in [0.29, 0.717) is 12.8 Å². The Morgan fingerprint density at radius 1 is 0.552 bits per heavy atom. The van der Waals surface area contributed by atoms with Gasteiger partial charge in [-0.15, -0.1) is 0 Å². The molecule has 0 saturated carbocycles. The molecule has 0 bridgehead atoms. The van der Waals surface area contributed by atoms with E-state index in [1.807, 2.05) is 0 Å². The van der Waals surface area contributed by atoms with Crippen LogP contribution >= 0.6 is 0 Å². The molecular formula is C45H85N3O10. The van der Waals surface area contributed by atoms with Gasteiger partial charge in [0, 0.05) is 19.4 Å². The lowest BCUT2D eigenvalue weighted by molar-refractivity contribution is -0.293. The Hall–Kier alpha value is -2.32. The molecule has 0 unspecified atom stereocenters. The number of unbranched alkanes of at least 4 members (excludes halogenated alkanes) is 22. The van der Waals surface area contributed by atoms with Gasteiger partial charge in [-0.05, 0) is 26.2 Å². The molecule has 1 aliphatic rings. The molecule has 1 rings (SSSR count). The number of nitrogens with one attached hydrogen (secondary N) is 3. The lowest BCUT2D eigenvalue weighted by atomic mass is 9.92. The van der Waals surface area contributed by atoms with Gasteiger partial charge in [-0.25, -0.2) is 0 Å². The van der Waals surface area contributed by atoms with Crippen molar-refractivity contribution in [3.8, 4) is 0 Å². The van der Waals surface area contributed by atoms with Gasteiger partial charge in [-0.2, -0.15) is 0 Å². The van der Waals surface area contributed by atoms with E-state index in [9.17, 15) is 39.6 Å². The Morgan fingerprint density at radius 2 is 0.966 bits per heavy atom. The number of aliphatic hydroxyl groups excluding tert-OH is 3. The lowest BCUT2D eigenvalue weighted by Crippen LogP contribution is -2.59. The minimum absolute atomic E-state index is 0.172. The van der Waals surface area contributed by atoms with Crippen molar-refractivity contribution in [2.45, 2.75) is 243 Å². The van der Waals surface area contributed by atoms with Gasteiger partial charge in [-0.1, -0.05) is 168 Å². The summed E-state index contributed by atoms with van der Waals surface area (Å²) in [5.41, 5.74) is 0. The number of aliphatic carboxylic acids is 1. The number of likely N-dealkylation sites (N-methyl/N-ethyl adjacent to an activating group) is 1. The molecule has 3 amide bonds. The number of ether oxygens (including phenoxy) is 2. The lowest BCUT2D eigenvalue weighted by Gasteiger charge is -2.39. The van der Waals surface area contributed by atoms with E-state index in [-0.39, 0.29) is 24.7 Å². The van der Waals surface area contributed by atoms with Crippen molar-refractivity contribution < 1.29 is 49.1 Å². The van der Waals surface area contributed by atoms with Gasteiger partial charge < -0.3 is 45.9 Å². The van der Waals surface area contributed by atoms with Gasteiger partial charge in [0.15, 0.2) is 6.29 Å². The second-order valence-electron chi connectivity index (χ2n) is 16.7. The third-order valence-electron chi connectivity index (χ3n) is 11.6. The van der Waals surface area contributed by atoms with Crippen LogP contribution in [0, 0.1) is 5.92 Å². The van der Waals surface area contributed by atoms with Crippen molar-refractivity contribution in [2.75, 3.05) is 13.7 Å². The zero-order chi connectivity index (χ0) is 43.0. The number of hydrogen-bond donors (Lipinski definition) is 7. The number of amides is 3. The monoisotopic (exact) mass is 828 g/mol. The molecular weight excluding hydrogens is 743 g/mol. The first-order valence-electron chi connectivity index (χ1n) is 23.3. The molecule has 0 aromatic heterocycles. The van der Waals surface area contributed by atoms with Gasteiger partial charge in [0.2, 0.25) is 17.7 Å². The van der Waals surface area contributed by atoms with E-state index in [1.54, 1.807) is 0 Å². The highest BCUT2D eigenvalue weighted by Crippen LogP contribution is 2.23.